The van der Waals surface area contributed by atoms with Gasteiger partial charge in [-0.3, -0.25) is 4.57 Å². The van der Waals surface area contributed by atoms with E-state index in [0.29, 0.717) is 12.0 Å². The van der Waals surface area contributed by atoms with E-state index in [9.17, 15) is 0 Å². The Morgan fingerprint density at radius 3 is 3.13 bits per heavy atom. The fourth-order valence-electron chi connectivity index (χ4n) is 2.03. The quantitative estimate of drug-likeness (QED) is 0.696. The molecule has 0 saturated carbocycles. The van der Waals surface area contributed by atoms with Crippen LogP contribution in [-0.2, 0) is 6.42 Å². The van der Waals surface area contributed by atoms with E-state index in [1.54, 1.807) is 0 Å². The molecule has 2 aromatic rings. The van der Waals surface area contributed by atoms with Gasteiger partial charge in [-0.05, 0) is 36.2 Å². The Labute approximate surface area is 86.7 Å². The Kier molecular flexibility index (Phi) is 1.81. The van der Waals surface area contributed by atoms with Gasteiger partial charge in [-0.15, -0.1) is 5.10 Å². The van der Waals surface area contributed by atoms with E-state index in [1.165, 1.54) is 11.1 Å². The van der Waals surface area contributed by atoms with Crippen LogP contribution in [0.2, 0.25) is 0 Å². The van der Waals surface area contributed by atoms with Crippen LogP contribution in [0.3, 0.4) is 0 Å². The summed E-state index contributed by atoms with van der Waals surface area (Å²) in [6.07, 6.45) is 5.21. The van der Waals surface area contributed by atoms with Crippen LogP contribution in [0.25, 0.3) is 5.95 Å². The van der Waals surface area contributed by atoms with Gasteiger partial charge >= 0.3 is 0 Å². The molecule has 0 bridgehead atoms. The van der Waals surface area contributed by atoms with E-state index >= 15 is 0 Å². The molecule has 0 aliphatic carbocycles. The van der Waals surface area contributed by atoms with Crippen molar-refractivity contribution in [3.05, 3.63) is 23.5 Å². The van der Waals surface area contributed by atoms with E-state index in [0.717, 1.165) is 13.0 Å². The predicted molar refractivity (Wildman–Crippen MR) is 53.6 cm³/mol. The Morgan fingerprint density at radius 1 is 1.47 bits per heavy atom. The van der Waals surface area contributed by atoms with Crippen molar-refractivity contribution in [3.63, 3.8) is 0 Å². The van der Waals surface area contributed by atoms with E-state index in [4.69, 9.17) is 0 Å². The third kappa shape index (κ3) is 1.33. The van der Waals surface area contributed by atoms with Crippen molar-refractivity contribution in [2.45, 2.75) is 19.4 Å². The molecule has 2 N–H and O–H groups in total. The zero-order chi connectivity index (χ0) is 10.3. The summed E-state index contributed by atoms with van der Waals surface area (Å²) in [7, 11) is 0. The first-order valence-electron chi connectivity index (χ1n) is 5.02. The van der Waals surface area contributed by atoms with Crippen molar-refractivity contribution in [1.82, 2.24) is 30.5 Å². The zero-order valence-electron chi connectivity index (χ0n) is 8.44. The van der Waals surface area contributed by atoms with Crippen molar-refractivity contribution < 1.29 is 0 Å². The molecule has 78 valence electrons. The second-order valence-electron chi connectivity index (χ2n) is 3.78. The molecule has 1 aliphatic heterocycles. The van der Waals surface area contributed by atoms with E-state index < -0.39 is 0 Å². The Bertz CT molecular complexity index is 457. The summed E-state index contributed by atoms with van der Waals surface area (Å²) in [6, 6.07) is 0.405. The summed E-state index contributed by atoms with van der Waals surface area (Å²) in [6.45, 7) is 3.20. The minimum absolute atomic E-state index is 0.405. The van der Waals surface area contributed by atoms with Crippen LogP contribution in [-0.4, -0.2) is 31.7 Å². The molecule has 0 spiro atoms. The lowest BCUT2D eigenvalue weighted by atomic mass is 10.0. The van der Waals surface area contributed by atoms with Crippen LogP contribution in [0.4, 0.5) is 0 Å². The molecule has 15 heavy (non-hydrogen) atoms. The first-order chi connectivity index (χ1) is 7.34. The molecule has 0 amide bonds. The lowest BCUT2D eigenvalue weighted by molar-refractivity contribution is 0.543. The summed E-state index contributed by atoms with van der Waals surface area (Å²) < 4.78 is 1.91. The maximum Gasteiger partial charge on any atom is 0.273 e. The molecule has 0 aromatic carbocycles. The van der Waals surface area contributed by atoms with Gasteiger partial charge in [0.25, 0.3) is 5.95 Å². The zero-order valence-corrected chi connectivity index (χ0v) is 8.44. The third-order valence-corrected chi connectivity index (χ3v) is 2.82. The van der Waals surface area contributed by atoms with Crippen LogP contribution >= 0.6 is 0 Å². The van der Waals surface area contributed by atoms with Crippen molar-refractivity contribution in [2.75, 3.05) is 6.54 Å². The van der Waals surface area contributed by atoms with Gasteiger partial charge in [0.1, 0.15) is 0 Å². The van der Waals surface area contributed by atoms with Crippen molar-refractivity contribution >= 4 is 0 Å². The molecule has 1 atom stereocenters. The van der Waals surface area contributed by atoms with Crippen molar-refractivity contribution in [3.8, 4) is 5.95 Å². The minimum Gasteiger partial charge on any atom is -0.310 e. The normalized spacial score (nSPS) is 20.2. The summed E-state index contributed by atoms with van der Waals surface area (Å²) in [5, 5.41) is 17.3. The molecule has 0 saturated heterocycles. The molecule has 1 aliphatic rings. The molecule has 3 rings (SSSR count). The monoisotopic (exact) mass is 204 g/mol. The molecule has 3 heterocycles. The number of hydrogen-bond acceptors (Lipinski definition) is 4. The van der Waals surface area contributed by atoms with Gasteiger partial charge in [-0.2, -0.15) is 5.21 Å². The van der Waals surface area contributed by atoms with Gasteiger partial charge in [0.05, 0.1) is 0 Å². The highest BCUT2D eigenvalue weighted by Crippen LogP contribution is 2.24. The van der Waals surface area contributed by atoms with Crippen LogP contribution in [0.15, 0.2) is 12.4 Å². The first-order valence-corrected chi connectivity index (χ1v) is 5.02. The number of tetrazole rings is 1. The molecule has 6 heteroatoms. The molecular formula is C9H12N6. The van der Waals surface area contributed by atoms with E-state index in [2.05, 4.69) is 45.3 Å². The van der Waals surface area contributed by atoms with Gasteiger partial charge in [0, 0.05) is 18.4 Å². The molecule has 1 unspecified atom stereocenters. The SMILES string of the molecule is CC1NCCc2cn(-c3nn[nH]n3)cc21. The van der Waals surface area contributed by atoms with Gasteiger partial charge in [-0.25, -0.2) is 0 Å². The van der Waals surface area contributed by atoms with Crippen LogP contribution < -0.4 is 5.32 Å². The number of H-pyrrole nitrogens is 1. The Morgan fingerprint density at radius 2 is 2.40 bits per heavy atom. The van der Waals surface area contributed by atoms with Gasteiger partial charge in [0.15, 0.2) is 0 Å². The van der Waals surface area contributed by atoms with Crippen LogP contribution in [0, 0.1) is 0 Å². The van der Waals surface area contributed by atoms with Crippen LogP contribution in [0.1, 0.15) is 24.1 Å². The Hall–Kier alpha value is -1.69. The second kappa shape index (κ2) is 3.16. The smallest absolute Gasteiger partial charge is 0.273 e. The highest BCUT2D eigenvalue weighted by atomic mass is 15.5. The van der Waals surface area contributed by atoms with Crippen molar-refractivity contribution in [1.29, 1.82) is 0 Å². The fourth-order valence-corrected chi connectivity index (χ4v) is 2.03. The average Bonchev–Trinajstić information content (AvgIpc) is 2.86. The predicted octanol–water partition coefficient (Wildman–Crippen LogP) is 0.197. The number of aromatic amines is 1. The lowest BCUT2D eigenvalue weighted by Gasteiger charge is -2.19. The summed E-state index contributed by atoms with van der Waals surface area (Å²) in [5.74, 6) is 0.594. The minimum atomic E-state index is 0.405. The Balaban J connectivity index is 2.06. The highest BCUT2D eigenvalue weighted by molar-refractivity contribution is 5.33. The average molecular weight is 204 g/mol. The number of hydrogen-bond donors (Lipinski definition) is 2. The molecule has 0 fully saturated rings. The molecule has 6 nitrogen and oxygen atoms in total. The molecular weight excluding hydrogens is 192 g/mol. The van der Waals surface area contributed by atoms with E-state index in [1.807, 2.05) is 4.57 Å². The lowest BCUT2D eigenvalue weighted by Crippen LogP contribution is -2.26. The number of fused-ring (bicyclic) bond motifs is 1. The maximum absolute atomic E-state index is 3.95. The van der Waals surface area contributed by atoms with Gasteiger partial charge in [-0.1, -0.05) is 5.10 Å². The standard InChI is InChI=1S/C9H12N6/c1-6-8-5-15(9-11-13-14-12-9)4-7(8)2-3-10-6/h4-6,10H,2-3H2,1H3,(H,11,12,13,14). The number of aromatic nitrogens is 5. The topological polar surface area (TPSA) is 71.4 Å². The first kappa shape index (κ1) is 8.60. The largest absolute Gasteiger partial charge is 0.310 e. The third-order valence-electron chi connectivity index (χ3n) is 2.82. The number of nitrogens with one attached hydrogen (secondary N) is 2. The van der Waals surface area contributed by atoms with Crippen LogP contribution in [0.5, 0.6) is 0 Å². The molecule has 2 aromatic heterocycles. The maximum atomic E-state index is 3.95. The van der Waals surface area contributed by atoms with E-state index in [-0.39, 0.29) is 0 Å². The summed E-state index contributed by atoms with van der Waals surface area (Å²) in [5.41, 5.74) is 2.69. The highest BCUT2D eigenvalue weighted by Gasteiger charge is 2.18. The van der Waals surface area contributed by atoms with Gasteiger partial charge in [0.2, 0.25) is 0 Å². The second-order valence-corrected chi connectivity index (χ2v) is 3.78. The summed E-state index contributed by atoms with van der Waals surface area (Å²) in [4.78, 5) is 0. The van der Waals surface area contributed by atoms with Gasteiger partial charge < -0.3 is 5.32 Å². The molecule has 0 radical (unpaired) electrons. The van der Waals surface area contributed by atoms with Crippen molar-refractivity contribution in [2.24, 2.45) is 0 Å². The summed E-state index contributed by atoms with van der Waals surface area (Å²) >= 11 is 0. The fraction of sp³-hybridized carbons (Fsp3) is 0.444. The number of nitrogens with zero attached hydrogens (tertiary/aromatic N) is 4. The number of rotatable bonds is 1.